The SMILES string of the molecule is Cc1ccc(-c2ccc(NC(=O)NC(=O)c3c(Cl)cccc3Cl)cn2)cc1. The van der Waals surface area contributed by atoms with Crippen LogP contribution in [0.2, 0.25) is 10.0 Å². The van der Waals surface area contributed by atoms with Crippen LogP contribution in [0.5, 0.6) is 0 Å². The van der Waals surface area contributed by atoms with Crippen LogP contribution in [0.15, 0.2) is 60.8 Å². The van der Waals surface area contributed by atoms with E-state index in [1.165, 1.54) is 18.3 Å². The average Bonchev–Trinajstić information content (AvgIpc) is 2.63. The Labute approximate surface area is 166 Å². The molecule has 3 rings (SSSR count). The van der Waals surface area contributed by atoms with Gasteiger partial charge in [-0.3, -0.25) is 15.1 Å². The smallest absolute Gasteiger partial charge is 0.306 e. The summed E-state index contributed by atoms with van der Waals surface area (Å²) >= 11 is 11.9. The minimum atomic E-state index is -0.708. The van der Waals surface area contributed by atoms with E-state index < -0.39 is 11.9 Å². The molecular weight excluding hydrogens is 385 g/mol. The summed E-state index contributed by atoms with van der Waals surface area (Å²) in [5.74, 6) is -0.688. The number of imide groups is 1. The van der Waals surface area contributed by atoms with Crippen molar-refractivity contribution >= 4 is 40.8 Å². The third-order valence-corrected chi connectivity index (χ3v) is 4.42. The molecule has 0 radical (unpaired) electrons. The summed E-state index contributed by atoms with van der Waals surface area (Å²) in [6.07, 6.45) is 1.52. The Morgan fingerprint density at radius 2 is 1.59 bits per heavy atom. The first-order valence-electron chi connectivity index (χ1n) is 8.03. The van der Waals surface area contributed by atoms with Gasteiger partial charge in [0, 0.05) is 5.56 Å². The minimum Gasteiger partial charge on any atom is -0.306 e. The predicted octanol–water partition coefficient (Wildman–Crippen LogP) is 5.33. The predicted molar refractivity (Wildman–Crippen MR) is 107 cm³/mol. The van der Waals surface area contributed by atoms with Crippen LogP contribution in [0.25, 0.3) is 11.3 Å². The molecule has 0 fully saturated rings. The van der Waals surface area contributed by atoms with Crippen molar-refractivity contribution in [3.8, 4) is 11.3 Å². The molecule has 0 saturated carbocycles. The first-order chi connectivity index (χ1) is 12.9. The second-order valence-electron chi connectivity index (χ2n) is 5.80. The maximum absolute atomic E-state index is 12.2. The topological polar surface area (TPSA) is 71.1 Å². The summed E-state index contributed by atoms with van der Waals surface area (Å²) in [5.41, 5.74) is 3.40. The van der Waals surface area contributed by atoms with Crippen LogP contribution in [0.1, 0.15) is 15.9 Å². The largest absolute Gasteiger partial charge is 0.326 e. The Balaban J connectivity index is 1.66. The van der Waals surface area contributed by atoms with Gasteiger partial charge < -0.3 is 5.32 Å². The number of hydrogen-bond donors (Lipinski definition) is 2. The highest BCUT2D eigenvalue weighted by atomic mass is 35.5. The van der Waals surface area contributed by atoms with E-state index in [0.717, 1.165) is 16.8 Å². The van der Waals surface area contributed by atoms with E-state index in [1.807, 2.05) is 31.2 Å². The zero-order chi connectivity index (χ0) is 19.4. The maximum atomic E-state index is 12.2. The van der Waals surface area contributed by atoms with Gasteiger partial charge in [0.15, 0.2) is 0 Å². The van der Waals surface area contributed by atoms with Crippen molar-refractivity contribution in [2.45, 2.75) is 6.92 Å². The van der Waals surface area contributed by atoms with E-state index in [-0.39, 0.29) is 15.6 Å². The number of pyridine rings is 1. The van der Waals surface area contributed by atoms with Crippen molar-refractivity contribution in [1.82, 2.24) is 10.3 Å². The van der Waals surface area contributed by atoms with Gasteiger partial charge in [-0.25, -0.2) is 4.79 Å². The molecule has 1 aromatic heterocycles. The number of amides is 3. The van der Waals surface area contributed by atoms with Crippen LogP contribution in [0, 0.1) is 6.92 Å². The van der Waals surface area contributed by atoms with Crippen LogP contribution in [0.3, 0.4) is 0 Å². The van der Waals surface area contributed by atoms with Crippen LogP contribution >= 0.6 is 23.2 Å². The van der Waals surface area contributed by atoms with E-state index in [4.69, 9.17) is 23.2 Å². The number of benzene rings is 2. The number of halogens is 2. The molecule has 1 heterocycles. The molecule has 0 atom stereocenters. The van der Waals surface area contributed by atoms with E-state index in [0.29, 0.717) is 5.69 Å². The van der Waals surface area contributed by atoms with Gasteiger partial charge in [-0.05, 0) is 31.2 Å². The van der Waals surface area contributed by atoms with Gasteiger partial charge in [-0.2, -0.15) is 0 Å². The van der Waals surface area contributed by atoms with Crippen molar-refractivity contribution in [2.24, 2.45) is 0 Å². The third-order valence-electron chi connectivity index (χ3n) is 3.79. The summed E-state index contributed by atoms with van der Waals surface area (Å²) in [6.45, 7) is 2.01. The third kappa shape index (κ3) is 4.64. The Kier molecular flexibility index (Phi) is 5.74. The van der Waals surface area contributed by atoms with E-state index in [9.17, 15) is 9.59 Å². The summed E-state index contributed by atoms with van der Waals surface area (Å²) in [4.78, 5) is 28.6. The molecule has 7 heteroatoms. The lowest BCUT2D eigenvalue weighted by Gasteiger charge is -2.09. The van der Waals surface area contributed by atoms with Crippen molar-refractivity contribution in [1.29, 1.82) is 0 Å². The first kappa shape index (κ1) is 18.9. The molecule has 0 aliphatic carbocycles. The highest BCUT2D eigenvalue weighted by Crippen LogP contribution is 2.24. The zero-order valence-electron chi connectivity index (χ0n) is 14.3. The number of anilines is 1. The lowest BCUT2D eigenvalue weighted by Crippen LogP contribution is -2.34. The molecule has 27 heavy (non-hydrogen) atoms. The number of aromatic nitrogens is 1. The molecule has 0 saturated heterocycles. The monoisotopic (exact) mass is 399 g/mol. The summed E-state index contributed by atoms with van der Waals surface area (Å²) in [6, 6.07) is 15.4. The number of nitrogens with one attached hydrogen (secondary N) is 2. The molecule has 0 unspecified atom stereocenters. The molecule has 2 N–H and O–H groups in total. The average molecular weight is 400 g/mol. The zero-order valence-corrected chi connectivity index (χ0v) is 15.8. The van der Waals surface area contributed by atoms with Gasteiger partial charge in [0.25, 0.3) is 5.91 Å². The van der Waals surface area contributed by atoms with Gasteiger partial charge in [0.1, 0.15) is 0 Å². The minimum absolute atomic E-state index is 0.0452. The van der Waals surface area contributed by atoms with Crippen LogP contribution in [-0.4, -0.2) is 16.9 Å². The second kappa shape index (κ2) is 8.20. The lowest BCUT2D eigenvalue weighted by atomic mass is 10.1. The number of carbonyl (C=O) groups is 2. The van der Waals surface area contributed by atoms with Crippen molar-refractivity contribution in [3.63, 3.8) is 0 Å². The molecule has 2 aromatic carbocycles. The van der Waals surface area contributed by atoms with Crippen molar-refractivity contribution in [3.05, 3.63) is 82.0 Å². The Bertz CT molecular complexity index is 967. The fourth-order valence-corrected chi connectivity index (χ4v) is 2.97. The molecular formula is C20H15Cl2N3O2. The normalized spacial score (nSPS) is 10.3. The molecule has 3 amide bonds. The highest BCUT2D eigenvalue weighted by Gasteiger charge is 2.17. The van der Waals surface area contributed by atoms with Crippen LogP contribution in [0.4, 0.5) is 10.5 Å². The molecule has 0 spiro atoms. The maximum Gasteiger partial charge on any atom is 0.326 e. The fourth-order valence-electron chi connectivity index (χ4n) is 2.41. The van der Waals surface area contributed by atoms with Gasteiger partial charge >= 0.3 is 6.03 Å². The van der Waals surface area contributed by atoms with E-state index in [2.05, 4.69) is 15.6 Å². The fraction of sp³-hybridized carbons (Fsp3) is 0.0500. The van der Waals surface area contributed by atoms with Crippen LogP contribution < -0.4 is 10.6 Å². The Morgan fingerprint density at radius 3 is 2.19 bits per heavy atom. The standard InChI is InChI=1S/C20H15Cl2N3O2/c1-12-5-7-13(8-6-12)17-10-9-14(11-23-17)24-20(27)25-19(26)18-15(21)3-2-4-16(18)22/h2-11H,1H3,(H2,24,25,26,27). The van der Waals surface area contributed by atoms with E-state index >= 15 is 0 Å². The number of rotatable bonds is 3. The van der Waals surface area contributed by atoms with Crippen molar-refractivity contribution < 1.29 is 9.59 Å². The number of carbonyl (C=O) groups excluding carboxylic acids is 2. The van der Waals surface area contributed by atoms with Crippen LogP contribution in [-0.2, 0) is 0 Å². The van der Waals surface area contributed by atoms with Gasteiger partial charge in [0.2, 0.25) is 0 Å². The molecule has 136 valence electrons. The molecule has 0 aliphatic heterocycles. The van der Waals surface area contributed by atoms with Gasteiger partial charge in [-0.1, -0.05) is 59.1 Å². The number of nitrogens with zero attached hydrogens (tertiary/aromatic N) is 1. The second-order valence-corrected chi connectivity index (χ2v) is 6.62. The summed E-state index contributed by atoms with van der Waals surface area (Å²) < 4.78 is 0. The molecule has 0 bridgehead atoms. The van der Waals surface area contributed by atoms with Gasteiger partial charge in [0.05, 0.1) is 33.2 Å². The number of hydrogen-bond acceptors (Lipinski definition) is 3. The lowest BCUT2D eigenvalue weighted by molar-refractivity contribution is 0.0967. The Morgan fingerprint density at radius 1 is 0.926 bits per heavy atom. The highest BCUT2D eigenvalue weighted by molar-refractivity contribution is 6.40. The number of aryl methyl sites for hydroxylation is 1. The molecule has 0 aliphatic rings. The molecule has 3 aromatic rings. The first-order valence-corrected chi connectivity index (χ1v) is 8.79. The summed E-state index contributed by atoms with van der Waals surface area (Å²) in [5, 5.41) is 5.07. The van der Waals surface area contributed by atoms with E-state index in [1.54, 1.807) is 18.2 Å². The summed E-state index contributed by atoms with van der Waals surface area (Å²) in [7, 11) is 0. The Hall–Kier alpha value is -2.89. The van der Waals surface area contributed by atoms with Gasteiger partial charge in [-0.15, -0.1) is 0 Å². The quantitative estimate of drug-likeness (QED) is 0.625. The molecule has 5 nitrogen and oxygen atoms in total. The number of urea groups is 1. The van der Waals surface area contributed by atoms with Crippen molar-refractivity contribution in [2.75, 3.05) is 5.32 Å².